The number of aromatic nitrogens is 5. The number of carbonyl (C=O) groups is 1. The molecule has 0 saturated heterocycles. The van der Waals surface area contributed by atoms with Gasteiger partial charge in [0, 0.05) is 12.1 Å². The van der Waals surface area contributed by atoms with E-state index in [4.69, 9.17) is 0 Å². The summed E-state index contributed by atoms with van der Waals surface area (Å²) in [6, 6.07) is 1.46. The Morgan fingerprint density at radius 3 is 3.00 bits per heavy atom. The van der Waals surface area contributed by atoms with Gasteiger partial charge in [-0.1, -0.05) is 5.21 Å². The minimum atomic E-state index is -0.505. The van der Waals surface area contributed by atoms with Crippen LogP contribution >= 0.6 is 0 Å². The molecule has 1 amide bonds. The minimum absolute atomic E-state index is 0.0818. The predicted octanol–water partition coefficient (Wildman–Crippen LogP) is 0.174. The first-order valence-corrected chi connectivity index (χ1v) is 6.02. The lowest BCUT2D eigenvalue weighted by Gasteiger charge is -2.06. The van der Waals surface area contributed by atoms with Crippen molar-refractivity contribution in [1.29, 1.82) is 0 Å². The third-order valence-corrected chi connectivity index (χ3v) is 3.01. The molecular weight excluding hydrogens is 266 g/mol. The number of aromatic amines is 1. The smallest absolute Gasteiger partial charge is 0.287 e. The molecule has 0 unspecified atom stereocenters. The van der Waals surface area contributed by atoms with Gasteiger partial charge < -0.3 is 9.88 Å². The Kier molecular flexibility index (Phi) is 2.89. The summed E-state index contributed by atoms with van der Waals surface area (Å²) in [4.78, 5) is 22.4. The van der Waals surface area contributed by atoms with Gasteiger partial charge in [0.25, 0.3) is 11.6 Å². The lowest BCUT2D eigenvalue weighted by molar-refractivity contribution is -0.384. The molecule has 104 valence electrons. The number of nitro groups is 1. The molecule has 0 atom stereocenters. The zero-order chi connectivity index (χ0) is 14.1. The maximum atomic E-state index is 12.1. The Labute approximate surface area is 112 Å². The van der Waals surface area contributed by atoms with Gasteiger partial charge in [0.2, 0.25) is 0 Å². The number of rotatable bonds is 5. The quantitative estimate of drug-likeness (QED) is 0.591. The van der Waals surface area contributed by atoms with Crippen LogP contribution in [0.2, 0.25) is 0 Å². The highest BCUT2D eigenvalue weighted by atomic mass is 16.6. The van der Waals surface area contributed by atoms with Crippen LogP contribution in [-0.2, 0) is 6.54 Å². The van der Waals surface area contributed by atoms with Gasteiger partial charge in [-0.3, -0.25) is 14.9 Å². The molecule has 10 nitrogen and oxygen atoms in total. The van der Waals surface area contributed by atoms with Crippen molar-refractivity contribution in [3.05, 3.63) is 33.9 Å². The minimum Gasteiger partial charge on any atom is -0.343 e. The van der Waals surface area contributed by atoms with E-state index in [1.165, 1.54) is 12.3 Å². The molecule has 2 heterocycles. The van der Waals surface area contributed by atoms with E-state index in [0.717, 1.165) is 12.8 Å². The fourth-order valence-electron chi connectivity index (χ4n) is 1.91. The maximum absolute atomic E-state index is 12.1. The second kappa shape index (κ2) is 4.72. The Balaban J connectivity index is 1.77. The number of tetrazole rings is 1. The second-order valence-electron chi connectivity index (χ2n) is 4.49. The standard InChI is InChI=1S/C10H11N7O3/c18-10(11-4-9-12-14-15-13-9)8-3-7(17(19)20)5-16(8)6-1-2-6/h3,5-6H,1-2,4H2,(H,11,18)(H,12,13,14,15). The molecule has 1 aliphatic rings. The van der Waals surface area contributed by atoms with Gasteiger partial charge in [-0.15, -0.1) is 10.2 Å². The summed E-state index contributed by atoms with van der Waals surface area (Å²) < 4.78 is 1.66. The van der Waals surface area contributed by atoms with Gasteiger partial charge in [-0.2, -0.15) is 5.21 Å². The van der Waals surface area contributed by atoms with Crippen LogP contribution in [0.4, 0.5) is 5.69 Å². The summed E-state index contributed by atoms with van der Waals surface area (Å²) in [6.07, 6.45) is 3.26. The van der Waals surface area contributed by atoms with Crippen LogP contribution in [0, 0.1) is 10.1 Å². The monoisotopic (exact) mass is 277 g/mol. The van der Waals surface area contributed by atoms with Gasteiger partial charge in [0.1, 0.15) is 5.69 Å². The lowest BCUT2D eigenvalue weighted by atomic mass is 10.3. The van der Waals surface area contributed by atoms with Crippen molar-refractivity contribution < 1.29 is 9.72 Å². The first-order chi connectivity index (χ1) is 9.65. The topological polar surface area (TPSA) is 132 Å². The summed E-state index contributed by atoms with van der Waals surface area (Å²) in [5.41, 5.74) is 0.198. The van der Waals surface area contributed by atoms with Gasteiger partial charge in [0.05, 0.1) is 17.7 Å². The summed E-state index contributed by atoms with van der Waals surface area (Å²) in [5, 5.41) is 26.5. The van der Waals surface area contributed by atoms with Crippen LogP contribution in [0.1, 0.15) is 35.2 Å². The molecular formula is C10H11N7O3. The third-order valence-electron chi connectivity index (χ3n) is 3.01. The normalized spacial score (nSPS) is 14.2. The summed E-state index contributed by atoms with van der Waals surface area (Å²) in [6.45, 7) is 0.110. The molecule has 1 saturated carbocycles. The van der Waals surface area contributed by atoms with Crippen molar-refractivity contribution in [3.8, 4) is 0 Å². The number of carbonyl (C=O) groups excluding carboxylic acids is 1. The average molecular weight is 277 g/mol. The maximum Gasteiger partial charge on any atom is 0.287 e. The van der Waals surface area contributed by atoms with Crippen molar-refractivity contribution >= 4 is 11.6 Å². The molecule has 0 radical (unpaired) electrons. The summed E-state index contributed by atoms with van der Waals surface area (Å²) in [7, 11) is 0. The highest BCUT2D eigenvalue weighted by molar-refractivity contribution is 5.93. The van der Waals surface area contributed by atoms with E-state index in [1.54, 1.807) is 4.57 Å². The highest BCUT2D eigenvalue weighted by Crippen LogP contribution is 2.37. The Morgan fingerprint density at radius 1 is 1.60 bits per heavy atom. The Bertz CT molecular complexity index is 644. The van der Waals surface area contributed by atoms with E-state index in [9.17, 15) is 14.9 Å². The fraction of sp³-hybridized carbons (Fsp3) is 0.400. The van der Waals surface area contributed by atoms with E-state index in [0.29, 0.717) is 5.82 Å². The zero-order valence-corrected chi connectivity index (χ0v) is 10.3. The van der Waals surface area contributed by atoms with Crippen LogP contribution in [-0.4, -0.2) is 36.0 Å². The molecule has 1 fully saturated rings. The van der Waals surface area contributed by atoms with E-state index < -0.39 is 10.8 Å². The van der Waals surface area contributed by atoms with E-state index in [-0.39, 0.29) is 24.0 Å². The van der Waals surface area contributed by atoms with Crippen LogP contribution in [0.25, 0.3) is 0 Å². The highest BCUT2D eigenvalue weighted by Gasteiger charge is 2.30. The second-order valence-corrected chi connectivity index (χ2v) is 4.49. The lowest BCUT2D eigenvalue weighted by Crippen LogP contribution is -2.25. The largest absolute Gasteiger partial charge is 0.343 e. The fourth-order valence-corrected chi connectivity index (χ4v) is 1.91. The van der Waals surface area contributed by atoms with Gasteiger partial charge in [0.15, 0.2) is 5.82 Å². The molecule has 0 aliphatic heterocycles. The van der Waals surface area contributed by atoms with E-state index in [2.05, 4.69) is 25.9 Å². The Hall–Kier alpha value is -2.78. The molecule has 3 rings (SSSR count). The predicted molar refractivity (Wildman–Crippen MR) is 64.7 cm³/mol. The summed E-state index contributed by atoms with van der Waals surface area (Å²) in [5.74, 6) is -0.0489. The molecule has 0 aromatic carbocycles. The van der Waals surface area contributed by atoms with Crippen LogP contribution in [0.3, 0.4) is 0 Å². The molecule has 20 heavy (non-hydrogen) atoms. The first kappa shape index (κ1) is 12.3. The van der Waals surface area contributed by atoms with Crippen molar-refractivity contribution in [2.45, 2.75) is 25.4 Å². The molecule has 0 bridgehead atoms. The van der Waals surface area contributed by atoms with E-state index >= 15 is 0 Å². The number of hydrogen-bond donors (Lipinski definition) is 2. The number of H-pyrrole nitrogens is 1. The molecule has 2 aromatic heterocycles. The number of hydrogen-bond acceptors (Lipinski definition) is 6. The van der Waals surface area contributed by atoms with Crippen molar-refractivity contribution in [2.75, 3.05) is 0 Å². The van der Waals surface area contributed by atoms with Crippen LogP contribution in [0.5, 0.6) is 0 Å². The van der Waals surface area contributed by atoms with Gasteiger partial charge in [-0.05, 0) is 12.8 Å². The van der Waals surface area contributed by atoms with Crippen molar-refractivity contribution in [1.82, 2.24) is 30.5 Å². The first-order valence-electron chi connectivity index (χ1n) is 6.02. The molecule has 2 N–H and O–H groups in total. The number of nitrogens with one attached hydrogen (secondary N) is 2. The third kappa shape index (κ3) is 2.35. The average Bonchev–Trinajstić information content (AvgIpc) is 2.97. The van der Waals surface area contributed by atoms with Gasteiger partial charge >= 0.3 is 0 Å². The molecule has 1 aliphatic carbocycles. The summed E-state index contributed by atoms with van der Waals surface area (Å²) >= 11 is 0. The van der Waals surface area contributed by atoms with Crippen molar-refractivity contribution in [2.24, 2.45) is 0 Å². The molecule has 2 aromatic rings. The zero-order valence-electron chi connectivity index (χ0n) is 10.3. The number of nitrogens with zero attached hydrogens (tertiary/aromatic N) is 5. The SMILES string of the molecule is O=C(NCc1nn[nH]n1)c1cc([N+](=O)[O-])cn1C1CC1. The van der Waals surface area contributed by atoms with Crippen LogP contribution in [0.15, 0.2) is 12.3 Å². The van der Waals surface area contributed by atoms with E-state index in [1.807, 2.05) is 0 Å². The van der Waals surface area contributed by atoms with Gasteiger partial charge in [-0.25, -0.2) is 0 Å². The molecule has 0 spiro atoms. The molecule has 10 heteroatoms. The Morgan fingerprint density at radius 2 is 2.40 bits per heavy atom. The number of amides is 1. The van der Waals surface area contributed by atoms with Crippen molar-refractivity contribution in [3.63, 3.8) is 0 Å². The van der Waals surface area contributed by atoms with Crippen LogP contribution < -0.4 is 5.32 Å².